The van der Waals surface area contributed by atoms with Gasteiger partial charge in [-0.15, -0.1) is 0 Å². The number of aromatic nitrogens is 1. The van der Waals surface area contributed by atoms with Gasteiger partial charge in [0.05, 0.1) is 16.7 Å². The molecular weight excluding hydrogens is 400 g/mol. The first-order valence-corrected chi connectivity index (χ1v) is 9.18. The van der Waals surface area contributed by atoms with Gasteiger partial charge >= 0.3 is 0 Å². The van der Waals surface area contributed by atoms with Gasteiger partial charge in [-0.2, -0.15) is 5.26 Å². The molecule has 142 valence electrons. The molecule has 1 amide bonds. The van der Waals surface area contributed by atoms with E-state index in [1.54, 1.807) is 48.3 Å². The molecule has 0 saturated carbocycles. The van der Waals surface area contributed by atoms with Gasteiger partial charge in [-0.1, -0.05) is 47.5 Å². The lowest BCUT2D eigenvalue weighted by Crippen LogP contribution is -2.31. The lowest BCUT2D eigenvalue weighted by Gasteiger charge is -2.23. The van der Waals surface area contributed by atoms with E-state index in [-0.39, 0.29) is 35.0 Å². The van der Waals surface area contributed by atoms with Crippen molar-refractivity contribution in [2.24, 2.45) is 7.05 Å². The van der Waals surface area contributed by atoms with E-state index in [0.29, 0.717) is 16.8 Å². The Hall–Kier alpha value is -2.81. The van der Waals surface area contributed by atoms with Gasteiger partial charge in [-0.25, -0.2) is 4.39 Å². The molecule has 0 fully saturated rings. The smallest absolute Gasteiger partial charge is 0.271 e. The molecule has 1 heterocycles. The molecule has 3 rings (SSSR count). The summed E-state index contributed by atoms with van der Waals surface area (Å²) in [7, 11) is 1.66. The SMILES string of the molecule is Cn1c(C(=O)N(Cc2ccc(C#N)cc2)Cc2cccc(F)c2)cc(Cl)c1Cl. The summed E-state index contributed by atoms with van der Waals surface area (Å²) in [6, 6.07) is 16.6. The summed E-state index contributed by atoms with van der Waals surface area (Å²) in [5, 5.41) is 9.51. The second-order valence-electron chi connectivity index (χ2n) is 6.33. The third-order valence-electron chi connectivity index (χ3n) is 4.34. The third-order valence-corrected chi connectivity index (χ3v) is 5.18. The summed E-state index contributed by atoms with van der Waals surface area (Å²) >= 11 is 12.2. The number of hydrogen-bond acceptors (Lipinski definition) is 2. The number of halogens is 3. The van der Waals surface area contributed by atoms with E-state index in [9.17, 15) is 9.18 Å². The van der Waals surface area contributed by atoms with Crippen LogP contribution < -0.4 is 0 Å². The standard InChI is InChI=1S/C21H16Cl2FN3O/c1-26-19(10-18(22)20(26)23)21(28)27(13-16-3-2-4-17(24)9-16)12-15-7-5-14(11-25)6-8-15/h2-10H,12-13H2,1H3. The fourth-order valence-electron chi connectivity index (χ4n) is 2.87. The fraction of sp³-hybridized carbons (Fsp3) is 0.143. The Balaban J connectivity index is 1.93. The van der Waals surface area contributed by atoms with Crippen LogP contribution in [0.25, 0.3) is 0 Å². The zero-order valence-corrected chi connectivity index (χ0v) is 16.5. The fourth-order valence-corrected chi connectivity index (χ4v) is 3.25. The molecule has 0 saturated heterocycles. The molecule has 2 aromatic carbocycles. The molecule has 0 aliphatic rings. The Kier molecular flexibility index (Phi) is 6.03. The van der Waals surface area contributed by atoms with Crippen molar-refractivity contribution in [1.29, 1.82) is 5.26 Å². The number of benzene rings is 2. The Labute approximate surface area is 172 Å². The minimum absolute atomic E-state index is 0.205. The highest BCUT2D eigenvalue weighted by Gasteiger charge is 2.22. The molecule has 7 heteroatoms. The molecule has 0 aliphatic heterocycles. The zero-order chi connectivity index (χ0) is 20.3. The largest absolute Gasteiger partial charge is 0.329 e. The summed E-state index contributed by atoms with van der Waals surface area (Å²) < 4.78 is 15.1. The molecule has 0 atom stereocenters. The van der Waals surface area contributed by atoms with Crippen molar-refractivity contribution in [3.8, 4) is 6.07 Å². The normalized spacial score (nSPS) is 10.5. The summed E-state index contributed by atoms with van der Waals surface area (Å²) in [5.41, 5.74) is 2.37. The number of nitrogens with zero attached hydrogens (tertiary/aromatic N) is 3. The van der Waals surface area contributed by atoms with Crippen LogP contribution in [0.3, 0.4) is 0 Å². The van der Waals surface area contributed by atoms with Crippen molar-refractivity contribution < 1.29 is 9.18 Å². The van der Waals surface area contributed by atoms with E-state index in [2.05, 4.69) is 6.07 Å². The first-order valence-electron chi connectivity index (χ1n) is 8.42. The number of rotatable bonds is 5. The average Bonchev–Trinajstić information content (AvgIpc) is 2.95. The van der Waals surface area contributed by atoms with Gasteiger partial charge in [0.25, 0.3) is 5.91 Å². The topological polar surface area (TPSA) is 49.0 Å². The van der Waals surface area contributed by atoms with Gasteiger partial charge in [0.2, 0.25) is 0 Å². The molecule has 0 N–H and O–H groups in total. The minimum atomic E-state index is -0.367. The van der Waals surface area contributed by atoms with E-state index < -0.39 is 0 Å². The van der Waals surface area contributed by atoms with Crippen molar-refractivity contribution in [3.63, 3.8) is 0 Å². The Morgan fingerprint density at radius 1 is 1.11 bits per heavy atom. The number of nitriles is 1. The van der Waals surface area contributed by atoms with Gasteiger partial charge in [0, 0.05) is 20.1 Å². The first kappa shape index (κ1) is 19.9. The molecule has 4 nitrogen and oxygen atoms in total. The van der Waals surface area contributed by atoms with Crippen LogP contribution >= 0.6 is 23.2 Å². The van der Waals surface area contributed by atoms with Crippen molar-refractivity contribution in [1.82, 2.24) is 9.47 Å². The third kappa shape index (κ3) is 4.36. The summed E-state index contributed by atoms with van der Waals surface area (Å²) in [4.78, 5) is 14.8. The highest BCUT2D eigenvalue weighted by molar-refractivity contribution is 6.41. The molecule has 28 heavy (non-hydrogen) atoms. The maximum absolute atomic E-state index is 13.6. The predicted octanol–water partition coefficient (Wildman–Crippen LogP) is 5.19. The molecule has 1 aromatic heterocycles. The molecule has 0 aliphatic carbocycles. The highest BCUT2D eigenvalue weighted by Crippen LogP contribution is 2.27. The highest BCUT2D eigenvalue weighted by atomic mass is 35.5. The lowest BCUT2D eigenvalue weighted by molar-refractivity contribution is 0.0720. The van der Waals surface area contributed by atoms with E-state index in [4.69, 9.17) is 28.5 Å². The Morgan fingerprint density at radius 3 is 2.36 bits per heavy atom. The number of hydrogen-bond donors (Lipinski definition) is 0. The lowest BCUT2D eigenvalue weighted by atomic mass is 10.1. The van der Waals surface area contributed by atoms with Gasteiger partial charge in [-0.3, -0.25) is 4.79 Å². The van der Waals surface area contributed by atoms with Gasteiger partial charge in [0.15, 0.2) is 0 Å². The van der Waals surface area contributed by atoms with E-state index >= 15 is 0 Å². The maximum atomic E-state index is 13.6. The molecule has 0 spiro atoms. The van der Waals surface area contributed by atoms with E-state index in [1.165, 1.54) is 22.8 Å². The average molecular weight is 416 g/mol. The van der Waals surface area contributed by atoms with Gasteiger partial charge in [-0.05, 0) is 41.5 Å². The van der Waals surface area contributed by atoms with Crippen LogP contribution in [-0.2, 0) is 20.1 Å². The van der Waals surface area contributed by atoms with Crippen LogP contribution in [0.4, 0.5) is 4.39 Å². The zero-order valence-electron chi connectivity index (χ0n) is 15.0. The van der Waals surface area contributed by atoms with E-state index in [0.717, 1.165) is 5.56 Å². The van der Waals surface area contributed by atoms with Crippen LogP contribution in [0.2, 0.25) is 10.2 Å². The molecular formula is C21H16Cl2FN3O. The van der Waals surface area contributed by atoms with Crippen molar-refractivity contribution >= 4 is 29.1 Å². The number of carbonyl (C=O) groups is 1. The summed E-state index contributed by atoms with van der Waals surface area (Å²) in [6.07, 6.45) is 0. The molecule has 0 radical (unpaired) electrons. The second kappa shape index (κ2) is 8.47. The Morgan fingerprint density at radius 2 is 1.79 bits per heavy atom. The van der Waals surface area contributed by atoms with Crippen molar-refractivity contribution in [2.45, 2.75) is 13.1 Å². The van der Waals surface area contributed by atoms with Crippen molar-refractivity contribution in [2.75, 3.05) is 0 Å². The number of carbonyl (C=O) groups excluding carboxylic acids is 1. The van der Waals surface area contributed by atoms with Crippen LogP contribution in [0.1, 0.15) is 27.2 Å². The van der Waals surface area contributed by atoms with Crippen LogP contribution in [0.15, 0.2) is 54.6 Å². The minimum Gasteiger partial charge on any atom is -0.329 e. The number of amides is 1. The van der Waals surface area contributed by atoms with Gasteiger partial charge in [0.1, 0.15) is 16.7 Å². The quantitative estimate of drug-likeness (QED) is 0.575. The second-order valence-corrected chi connectivity index (χ2v) is 7.09. The summed E-state index contributed by atoms with van der Waals surface area (Å²) in [5.74, 6) is -0.654. The molecule has 3 aromatic rings. The monoisotopic (exact) mass is 415 g/mol. The Bertz CT molecular complexity index is 1050. The molecule has 0 unspecified atom stereocenters. The maximum Gasteiger partial charge on any atom is 0.271 e. The van der Waals surface area contributed by atoms with Crippen LogP contribution in [0.5, 0.6) is 0 Å². The van der Waals surface area contributed by atoms with Crippen LogP contribution in [0, 0.1) is 17.1 Å². The van der Waals surface area contributed by atoms with Crippen molar-refractivity contribution in [3.05, 3.63) is 93.0 Å². The predicted molar refractivity (Wildman–Crippen MR) is 107 cm³/mol. The van der Waals surface area contributed by atoms with E-state index in [1.807, 2.05) is 0 Å². The molecule has 0 bridgehead atoms. The summed E-state index contributed by atoms with van der Waals surface area (Å²) in [6.45, 7) is 0.485. The first-order chi connectivity index (χ1) is 13.4. The van der Waals surface area contributed by atoms with Gasteiger partial charge < -0.3 is 9.47 Å². The van der Waals surface area contributed by atoms with Crippen LogP contribution in [-0.4, -0.2) is 15.4 Å².